The number of methoxy groups -OCH3 is 1. The number of nitrogens with one attached hydrogen (secondary N) is 1. The summed E-state index contributed by atoms with van der Waals surface area (Å²) in [5.41, 5.74) is 3.75. The lowest BCUT2D eigenvalue weighted by molar-refractivity contribution is 0.102. The maximum absolute atomic E-state index is 12.5. The molecule has 0 aliphatic rings. The summed E-state index contributed by atoms with van der Waals surface area (Å²) in [6, 6.07) is 15.2. The first-order chi connectivity index (χ1) is 12.1. The van der Waals surface area contributed by atoms with E-state index in [-0.39, 0.29) is 5.91 Å². The number of benzene rings is 2. The monoisotopic (exact) mass is 336 g/mol. The largest absolute Gasteiger partial charge is 0.497 e. The van der Waals surface area contributed by atoms with Crippen molar-refractivity contribution in [2.75, 3.05) is 12.4 Å². The second kappa shape index (κ2) is 7.17. The molecule has 3 aromatic rings. The number of anilines is 1. The van der Waals surface area contributed by atoms with Crippen LogP contribution < -0.4 is 10.1 Å². The van der Waals surface area contributed by atoms with Crippen LogP contribution >= 0.6 is 0 Å². The standard InChI is InChI=1S/C19H20N4O2/c1-4-14-8-10-16(11-9-14)23-13(2)18(21-22-23)19(24)20-15-6-5-7-17(12-15)25-3/h5-12H,4H2,1-3H3,(H,20,24). The molecule has 0 saturated heterocycles. The summed E-state index contributed by atoms with van der Waals surface area (Å²) in [5, 5.41) is 11.0. The SMILES string of the molecule is CCc1ccc(-n2nnc(C(=O)Nc3cccc(OC)c3)c2C)cc1. The summed E-state index contributed by atoms with van der Waals surface area (Å²) < 4.78 is 6.83. The Bertz CT molecular complexity index is 885. The molecule has 1 amide bonds. The van der Waals surface area contributed by atoms with Crippen LogP contribution in [0.15, 0.2) is 48.5 Å². The molecule has 0 fully saturated rings. The minimum absolute atomic E-state index is 0.294. The third-order valence-corrected chi connectivity index (χ3v) is 4.03. The highest BCUT2D eigenvalue weighted by molar-refractivity contribution is 6.03. The zero-order valence-electron chi connectivity index (χ0n) is 14.5. The molecular formula is C19H20N4O2. The Balaban J connectivity index is 1.83. The van der Waals surface area contributed by atoms with E-state index >= 15 is 0 Å². The van der Waals surface area contributed by atoms with Gasteiger partial charge in [0.25, 0.3) is 5.91 Å². The maximum atomic E-state index is 12.5. The first-order valence-electron chi connectivity index (χ1n) is 8.09. The van der Waals surface area contributed by atoms with E-state index in [0.29, 0.717) is 22.8 Å². The van der Waals surface area contributed by atoms with Crippen LogP contribution in [0.1, 0.15) is 28.7 Å². The van der Waals surface area contributed by atoms with Gasteiger partial charge in [0.2, 0.25) is 0 Å². The lowest BCUT2D eigenvalue weighted by Gasteiger charge is -2.07. The number of amides is 1. The van der Waals surface area contributed by atoms with Gasteiger partial charge in [-0.15, -0.1) is 5.10 Å². The number of hydrogen-bond donors (Lipinski definition) is 1. The molecule has 0 bridgehead atoms. The van der Waals surface area contributed by atoms with Gasteiger partial charge in [0, 0.05) is 11.8 Å². The second-order valence-corrected chi connectivity index (χ2v) is 5.64. The fourth-order valence-electron chi connectivity index (χ4n) is 2.55. The Kier molecular flexibility index (Phi) is 4.79. The van der Waals surface area contributed by atoms with Gasteiger partial charge < -0.3 is 10.1 Å². The van der Waals surface area contributed by atoms with Crippen molar-refractivity contribution in [2.45, 2.75) is 20.3 Å². The van der Waals surface area contributed by atoms with Crippen molar-refractivity contribution in [3.05, 3.63) is 65.5 Å². The summed E-state index contributed by atoms with van der Waals surface area (Å²) in [4.78, 5) is 12.5. The van der Waals surface area contributed by atoms with Gasteiger partial charge in [0.1, 0.15) is 5.75 Å². The number of nitrogens with zero attached hydrogens (tertiary/aromatic N) is 3. The van der Waals surface area contributed by atoms with Gasteiger partial charge in [-0.05, 0) is 43.2 Å². The fraction of sp³-hybridized carbons (Fsp3) is 0.211. The predicted octanol–water partition coefficient (Wildman–Crippen LogP) is 3.40. The van der Waals surface area contributed by atoms with Crippen LogP contribution in [0.5, 0.6) is 5.75 Å². The van der Waals surface area contributed by atoms with Crippen molar-refractivity contribution >= 4 is 11.6 Å². The molecule has 2 aromatic carbocycles. The number of aromatic nitrogens is 3. The third-order valence-electron chi connectivity index (χ3n) is 4.03. The molecule has 6 nitrogen and oxygen atoms in total. The topological polar surface area (TPSA) is 69.0 Å². The van der Waals surface area contributed by atoms with E-state index in [4.69, 9.17) is 4.74 Å². The summed E-state index contributed by atoms with van der Waals surface area (Å²) in [7, 11) is 1.58. The number of carbonyl (C=O) groups is 1. The highest BCUT2D eigenvalue weighted by Gasteiger charge is 2.17. The van der Waals surface area contributed by atoms with Crippen LogP contribution in [-0.4, -0.2) is 28.0 Å². The van der Waals surface area contributed by atoms with Gasteiger partial charge in [0.05, 0.1) is 18.5 Å². The molecule has 25 heavy (non-hydrogen) atoms. The molecule has 6 heteroatoms. The number of aryl methyl sites for hydroxylation is 1. The Morgan fingerprint density at radius 2 is 1.96 bits per heavy atom. The van der Waals surface area contributed by atoms with Crippen molar-refractivity contribution in [1.82, 2.24) is 15.0 Å². The molecule has 1 aromatic heterocycles. The molecule has 0 unspecified atom stereocenters. The van der Waals surface area contributed by atoms with Crippen LogP contribution in [0, 0.1) is 6.92 Å². The summed E-state index contributed by atoms with van der Waals surface area (Å²) >= 11 is 0. The summed E-state index contributed by atoms with van der Waals surface area (Å²) in [6.07, 6.45) is 0.977. The zero-order valence-corrected chi connectivity index (χ0v) is 14.5. The van der Waals surface area contributed by atoms with Gasteiger partial charge in [0.15, 0.2) is 5.69 Å². The normalized spacial score (nSPS) is 10.5. The van der Waals surface area contributed by atoms with Gasteiger partial charge in [-0.25, -0.2) is 4.68 Å². The Hall–Kier alpha value is -3.15. The number of ether oxygens (including phenoxy) is 1. The molecule has 0 atom stereocenters. The van der Waals surface area contributed by atoms with E-state index in [0.717, 1.165) is 12.1 Å². The molecule has 3 rings (SSSR count). The van der Waals surface area contributed by atoms with E-state index < -0.39 is 0 Å². The van der Waals surface area contributed by atoms with E-state index in [2.05, 4.69) is 22.6 Å². The minimum atomic E-state index is -0.304. The van der Waals surface area contributed by atoms with Crippen LogP contribution in [0.25, 0.3) is 5.69 Å². The highest BCUT2D eigenvalue weighted by Crippen LogP contribution is 2.19. The van der Waals surface area contributed by atoms with Crippen LogP contribution in [-0.2, 0) is 6.42 Å². The van der Waals surface area contributed by atoms with Crippen LogP contribution in [0.3, 0.4) is 0 Å². The molecule has 1 heterocycles. The number of rotatable bonds is 5. The van der Waals surface area contributed by atoms with Crippen molar-refractivity contribution in [3.63, 3.8) is 0 Å². The van der Waals surface area contributed by atoms with E-state index in [9.17, 15) is 4.79 Å². The smallest absolute Gasteiger partial charge is 0.278 e. The second-order valence-electron chi connectivity index (χ2n) is 5.64. The van der Waals surface area contributed by atoms with Crippen LogP contribution in [0.2, 0.25) is 0 Å². The van der Waals surface area contributed by atoms with Gasteiger partial charge >= 0.3 is 0 Å². The molecule has 0 saturated carbocycles. The average molecular weight is 336 g/mol. The first-order valence-corrected chi connectivity index (χ1v) is 8.09. The first kappa shape index (κ1) is 16.7. The average Bonchev–Trinajstić information content (AvgIpc) is 3.03. The summed E-state index contributed by atoms with van der Waals surface area (Å²) in [6.45, 7) is 3.94. The highest BCUT2D eigenvalue weighted by atomic mass is 16.5. The van der Waals surface area contributed by atoms with E-state index in [1.807, 2.05) is 43.3 Å². The summed E-state index contributed by atoms with van der Waals surface area (Å²) in [5.74, 6) is 0.372. The Morgan fingerprint density at radius 1 is 1.20 bits per heavy atom. The van der Waals surface area contributed by atoms with E-state index in [1.165, 1.54) is 5.56 Å². The third kappa shape index (κ3) is 3.52. The van der Waals surface area contributed by atoms with Crippen molar-refractivity contribution in [2.24, 2.45) is 0 Å². The van der Waals surface area contributed by atoms with Crippen molar-refractivity contribution < 1.29 is 9.53 Å². The van der Waals surface area contributed by atoms with Gasteiger partial charge in [-0.3, -0.25) is 4.79 Å². The van der Waals surface area contributed by atoms with Crippen LogP contribution in [0.4, 0.5) is 5.69 Å². The number of hydrogen-bond acceptors (Lipinski definition) is 4. The van der Waals surface area contributed by atoms with Crippen molar-refractivity contribution in [3.8, 4) is 11.4 Å². The minimum Gasteiger partial charge on any atom is -0.497 e. The maximum Gasteiger partial charge on any atom is 0.278 e. The molecule has 128 valence electrons. The fourth-order valence-corrected chi connectivity index (χ4v) is 2.55. The van der Waals surface area contributed by atoms with Crippen molar-refractivity contribution in [1.29, 1.82) is 0 Å². The number of carbonyl (C=O) groups excluding carboxylic acids is 1. The van der Waals surface area contributed by atoms with Gasteiger partial charge in [-0.1, -0.05) is 30.3 Å². The van der Waals surface area contributed by atoms with E-state index in [1.54, 1.807) is 23.9 Å². The van der Waals surface area contributed by atoms with Gasteiger partial charge in [-0.2, -0.15) is 0 Å². The predicted molar refractivity (Wildman–Crippen MR) is 96.4 cm³/mol. The lowest BCUT2D eigenvalue weighted by Crippen LogP contribution is -2.14. The lowest BCUT2D eigenvalue weighted by atomic mass is 10.1. The molecular weight excluding hydrogens is 316 g/mol. The zero-order chi connectivity index (χ0) is 17.8. The molecule has 0 spiro atoms. The molecule has 0 aliphatic carbocycles. The molecule has 0 aliphatic heterocycles. The molecule has 0 radical (unpaired) electrons. The molecule has 1 N–H and O–H groups in total. The Morgan fingerprint density at radius 3 is 2.64 bits per heavy atom. The quantitative estimate of drug-likeness (QED) is 0.775. The Labute approximate surface area is 146 Å².